The van der Waals surface area contributed by atoms with Gasteiger partial charge in [-0.2, -0.15) is 13.2 Å². The second-order valence-corrected chi connectivity index (χ2v) is 13.4. The van der Waals surface area contributed by atoms with Crippen LogP contribution in [-0.4, -0.2) is 69.2 Å². The Balaban J connectivity index is 0.00000406. The summed E-state index contributed by atoms with van der Waals surface area (Å²) >= 11 is 0. The molecular formula is C38H42Cl2F4N6O5. The minimum absolute atomic E-state index is 0. The highest BCUT2D eigenvalue weighted by Gasteiger charge is 2.40. The van der Waals surface area contributed by atoms with E-state index < -0.39 is 58.8 Å². The average molecular weight is 810 g/mol. The molecule has 3 aromatic carbocycles. The summed E-state index contributed by atoms with van der Waals surface area (Å²) in [5, 5.41) is 5.13. The van der Waals surface area contributed by atoms with Gasteiger partial charge >= 0.3 is 6.18 Å². The number of nitrogens with two attached hydrogens (primary N) is 1. The number of hydrogen-bond donors (Lipinski definition) is 3. The molecule has 5 rings (SSSR count). The number of aromatic nitrogens is 2. The Hall–Kier alpha value is -4.83. The van der Waals surface area contributed by atoms with Gasteiger partial charge in [-0.15, -0.1) is 24.8 Å². The summed E-state index contributed by atoms with van der Waals surface area (Å²) in [4.78, 5) is 59.0. The predicted molar refractivity (Wildman–Crippen MR) is 201 cm³/mol. The first-order valence-corrected chi connectivity index (χ1v) is 16.9. The average Bonchev–Trinajstić information content (AvgIpc) is 3.58. The number of alkyl halides is 3. The number of carbonyl (C=O) groups excluding carboxylic acids is 4. The molecule has 17 heteroatoms. The molecule has 55 heavy (non-hydrogen) atoms. The van der Waals surface area contributed by atoms with Crippen LogP contribution in [0.25, 0.3) is 0 Å². The summed E-state index contributed by atoms with van der Waals surface area (Å²) in [6.45, 7) is 2.99. The van der Waals surface area contributed by atoms with Gasteiger partial charge in [0.15, 0.2) is 11.6 Å². The third kappa shape index (κ3) is 11.6. The number of amides is 3. The molecule has 0 radical (unpaired) electrons. The van der Waals surface area contributed by atoms with Crippen molar-refractivity contribution in [1.29, 1.82) is 0 Å². The SMILES string of the molecule is CC(C)(N)C(=O)N[C@H](COCc1ccccc1)C(=O)Nc1cn(C(C(=O)N2CCC(C(=O)c3ccc(F)cc3)CC2)c2ccccc2C(F)(F)F)cn1.Cl.Cl. The van der Waals surface area contributed by atoms with Gasteiger partial charge in [0.25, 0.3) is 5.91 Å². The minimum atomic E-state index is -4.80. The van der Waals surface area contributed by atoms with E-state index in [1.807, 2.05) is 30.3 Å². The molecule has 4 aromatic rings. The first kappa shape index (κ1) is 44.6. The second kappa shape index (κ2) is 19.2. The second-order valence-electron chi connectivity index (χ2n) is 13.4. The van der Waals surface area contributed by atoms with Crippen molar-refractivity contribution in [2.24, 2.45) is 11.7 Å². The maximum absolute atomic E-state index is 14.3. The fraction of sp³-hybridized carbons (Fsp3) is 0.342. The number of ether oxygens (including phenoxy) is 1. The topological polar surface area (TPSA) is 149 Å². The van der Waals surface area contributed by atoms with Crippen molar-refractivity contribution in [3.63, 3.8) is 0 Å². The molecule has 3 amide bonds. The highest BCUT2D eigenvalue weighted by Crippen LogP contribution is 2.37. The fourth-order valence-corrected chi connectivity index (χ4v) is 5.95. The molecule has 11 nitrogen and oxygen atoms in total. The molecule has 1 fully saturated rings. The minimum Gasteiger partial charge on any atom is -0.374 e. The molecule has 2 atom stereocenters. The highest BCUT2D eigenvalue weighted by atomic mass is 35.5. The van der Waals surface area contributed by atoms with E-state index in [1.165, 1.54) is 72.0 Å². The lowest BCUT2D eigenvalue weighted by molar-refractivity contribution is -0.140. The summed E-state index contributed by atoms with van der Waals surface area (Å²) in [5.41, 5.74) is 4.40. The number of benzene rings is 3. The Morgan fingerprint density at radius 1 is 0.927 bits per heavy atom. The van der Waals surface area contributed by atoms with Crippen molar-refractivity contribution in [2.45, 2.75) is 57.1 Å². The van der Waals surface area contributed by atoms with Crippen LogP contribution in [0.4, 0.5) is 23.4 Å². The van der Waals surface area contributed by atoms with Crippen molar-refractivity contribution in [3.05, 3.63) is 119 Å². The molecule has 296 valence electrons. The highest BCUT2D eigenvalue weighted by molar-refractivity contribution is 5.99. The van der Waals surface area contributed by atoms with Crippen molar-refractivity contribution in [2.75, 3.05) is 25.0 Å². The molecule has 1 aliphatic rings. The van der Waals surface area contributed by atoms with Gasteiger partial charge in [0, 0.05) is 30.8 Å². The lowest BCUT2D eigenvalue weighted by Crippen LogP contribution is -2.56. The zero-order valence-electron chi connectivity index (χ0n) is 29.9. The summed E-state index contributed by atoms with van der Waals surface area (Å²) in [6.07, 6.45) is -1.93. The number of piperidine rings is 1. The van der Waals surface area contributed by atoms with E-state index in [0.717, 1.165) is 18.0 Å². The molecular weight excluding hydrogens is 767 g/mol. The number of hydrogen-bond acceptors (Lipinski definition) is 7. The van der Waals surface area contributed by atoms with Crippen LogP contribution in [0.2, 0.25) is 0 Å². The van der Waals surface area contributed by atoms with Gasteiger partial charge in [0.05, 0.1) is 30.6 Å². The Bertz CT molecular complexity index is 1910. The van der Waals surface area contributed by atoms with Crippen LogP contribution in [0.5, 0.6) is 0 Å². The first-order chi connectivity index (χ1) is 25.1. The number of carbonyl (C=O) groups is 4. The van der Waals surface area contributed by atoms with E-state index in [1.54, 1.807) is 0 Å². The van der Waals surface area contributed by atoms with E-state index in [4.69, 9.17) is 10.5 Å². The number of ketones is 1. The van der Waals surface area contributed by atoms with Crippen LogP contribution in [0, 0.1) is 11.7 Å². The number of likely N-dealkylation sites (tertiary alicyclic amines) is 1. The Kier molecular flexibility index (Phi) is 15.5. The molecule has 1 saturated heterocycles. The maximum atomic E-state index is 14.3. The van der Waals surface area contributed by atoms with E-state index in [9.17, 15) is 36.7 Å². The normalized spacial score (nSPS) is 14.5. The zero-order valence-corrected chi connectivity index (χ0v) is 31.6. The van der Waals surface area contributed by atoms with Crippen LogP contribution < -0.4 is 16.4 Å². The number of nitrogens with one attached hydrogen (secondary N) is 2. The largest absolute Gasteiger partial charge is 0.416 e. The van der Waals surface area contributed by atoms with Gasteiger partial charge in [0.1, 0.15) is 17.9 Å². The molecule has 0 aliphatic carbocycles. The van der Waals surface area contributed by atoms with Gasteiger partial charge in [-0.1, -0.05) is 48.5 Å². The molecule has 0 bridgehead atoms. The van der Waals surface area contributed by atoms with Crippen LogP contribution in [0.1, 0.15) is 59.8 Å². The number of imidazole rings is 1. The zero-order chi connectivity index (χ0) is 38.3. The number of nitrogens with zero attached hydrogens (tertiary/aromatic N) is 3. The van der Waals surface area contributed by atoms with Crippen LogP contribution in [0.15, 0.2) is 91.4 Å². The number of Topliss-reactive ketones (excluding diaryl/α,β-unsaturated/α-hetero) is 1. The van der Waals surface area contributed by atoms with Gasteiger partial charge in [-0.05, 0) is 68.1 Å². The summed E-state index contributed by atoms with van der Waals surface area (Å²) < 4.78 is 63.2. The lowest BCUT2D eigenvalue weighted by Gasteiger charge is -2.34. The van der Waals surface area contributed by atoms with Gasteiger partial charge in [-0.3, -0.25) is 19.2 Å². The monoisotopic (exact) mass is 808 g/mol. The van der Waals surface area contributed by atoms with E-state index in [-0.39, 0.29) is 81.1 Å². The van der Waals surface area contributed by atoms with E-state index in [0.29, 0.717) is 5.56 Å². The Labute approximate surface area is 327 Å². The summed E-state index contributed by atoms with van der Waals surface area (Å²) in [5.74, 6) is -3.30. The predicted octanol–water partition coefficient (Wildman–Crippen LogP) is 5.97. The molecule has 0 spiro atoms. The first-order valence-electron chi connectivity index (χ1n) is 16.9. The third-order valence-corrected chi connectivity index (χ3v) is 8.85. The van der Waals surface area contributed by atoms with Crippen LogP contribution >= 0.6 is 24.8 Å². The van der Waals surface area contributed by atoms with E-state index >= 15 is 0 Å². The Morgan fingerprint density at radius 3 is 2.16 bits per heavy atom. The third-order valence-electron chi connectivity index (χ3n) is 8.85. The molecule has 4 N–H and O–H groups in total. The number of anilines is 1. The Morgan fingerprint density at radius 2 is 1.55 bits per heavy atom. The molecule has 2 heterocycles. The van der Waals surface area contributed by atoms with Crippen LogP contribution in [-0.2, 0) is 31.9 Å². The smallest absolute Gasteiger partial charge is 0.374 e. The van der Waals surface area contributed by atoms with Crippen molar-refractivity contribution in [1.82, 2.24) is 19.8 Å². The fourth-order valence-electron chi connectivity index (χ4n) is 5.95. The van der Waals surface area contributed by atoms with Gasteiger partial charge in [0.2, 0.25) is 11.8 Å². The van der Waals surface area contributed by atoms with Gasteiger partial charge in [-0.25, -0.2) is 9.37 Å². The van der Waals surface area contributed by atoms with Crippen molar-refractivity contribution < 1.29 is 41.5 Å². The van der Waals surface area contributed by atoms with Gasteiger partial charge < -0.3 is 30.6 Å². The maximum Gasteiger partial charge on any atom is 0.416 e. The molecule has 1 unspecified atom stereocenters. The quantitative estimate of drug-likeness (QED) is 0.111. The van der Waals surface area contributed by atoms with Crippen LogP contribution in [0.3, 0.4) is 0 Å². The standard InChI is InChI=1S/C38H40F4N6O5.2ClH/c1-37(2,43)36(52)45-30(22-53-21-24-8-4-3-5-9-24)34(50)46-31-20-48(23-44-31)32(28-10-6-7-11-29(28)38(40,41)42)35(51)47-18-16-26(17-19-47)33(49)25-12-14-27(39)15-13-25;;/h3-15,20,23,26,30,32H,16-19,21-22,43H2,1-2H3,(H,45,52)(H,46,50);2*1H/t30-,32?;;/m1../s1. The molecule has 0 saturated carbocycles. The number of halogens is 6. The van der Waals surface area contributed by atoms with Crippen molar-refractivity contribution >= 4 is 54.1 Å². The molecule has 1 aromatic heterocycles. The lowest BCUT2D eigenvalue weighted by atomic mass is 9.88. The summed E-state index contributed by atoms with van der Waals surface area (Å²) in [7, 11) is 0. The molecule has 1 aliphatic heterocycles. The van der Waals surface area contributed by atoms with Crippen molar-refractivity contribution in [3.8, 4) is 0 Å². The van der Waals surface area contributed by atoms with E-state index in [2.05, 4.69) is 15.6 Å². The number of rotatable bonds is 13. The summed E-state index contributed by atoms with van der Waals surface area (Å²) in [6, 6.07) is 16.2.